The summed E-state index contributed by atoms with van der Waals surface area (Å²) >= 11 is 0. The van der Waals surface area contributed by atoms with Crippen LogP contribution < -0.4 is 5.46 Å². The molecule has 2 radical (unpaired) electrons. The molecule has 0 aliphatic rings. The van der Waals surface area contributed by atoms with E-state index in [2.05, 4.69) is 0 Å². The summed E-state index contributed by atoms with van der Waals surface area (Å²) in [4.78, 5) is 0.296. The Morgan fingerprint density at radius 3 is 2.58 bits per heavy atom. The van der Waals surface area contributed by atoms with E-state index in [-0.39, 0.29) is 5.75 Å². The Labute approximate surface area is 73.9 Å². The van der Waals surface area contributed by atoms with Crippen LogP contribution in [0.1, 0.15) is 6.92 Å². The highest BCUT2D eigenvalue weighted by molar-refractivity contribution is 7.91. The van der Waals surface area contributed by atoms with Gasteiger partial charge in [-0.15, -0.1) is 0 Å². The third-order valence-corrected chi connectivity index (χ3v) is 3.33. The fraction of sp³-hybridized carbons (Fsp3) is 0.250. The molecule has 0 atom stereocenters. The Morgan fingerprint density at radius 1 is 1.42 bits per heavy atom. The summed E-state index contributed by atoms with van der Waals surface area (Å²) in [6.07, 6.45) is 0. The highest BCUT2D eigenvalue weighted by Gasteiger charge is 2.09. The Morgan fingerprint density at radius 2 is 2.08 bits per heavy atom. The molecule has 2 nitrogen and oxygen atoms in total. The van der Waals surface area contributed by atoms with Gasteiger partial charge >= 0.3 is 0 Å². The zero-order chi connectivity index (χ0) is 9.19. The maximum atomic E-state index is 11.3. The summed E-state index contributed by atoms with van der Waals surface area (Å²) in [6.45, 7) is 1.61. The molecule has 0 aliphatic heterocycles. The molecule has 0 spiro atoms. The van der Waals surface area contributed by atoms with Gasteiger partial charge in [-0.05, 0) is 6.07 Å². The molecule has 1 aromatic carbocycles. The van der Waals surface area contributed by atoms with Gasteiger partial charge in [0.1, 0.15) is 7.85 Å². The van der Waals surface area contributed by atoms with Gasteiger partial charge in [-0.25, -0.2) is 8.42 Å². The second-order valence-electron chi connectivity index (χ2n) is 2.48. The minimum Gasteiger partial charge on any atom is -0.224 e. The molecule has 0 fully saturated rings. The van der Waals surface area contributed by atoms with Crippen molar-refractivity contribution >= 4 is 23.1 Å². The molecule has 0 bridgehead atoms. The van der Waals surface area contributed by atoms with Crippen molar-refractivity contribution in [1.82, 2.24) is 0 Å². The maximum absolute atomic E-state index is 11.3. The van der Waals surface area contributed by atoms with Crippen molar-refractivity contribution < 1.29 is 8.42 Å². The van der Waals surface area contributed by atoms with Crippen LogP contribution in [0.3, 0.4) is 0 Å². The SMILES string of the molecule is [B]c1cccc(S(=O)(=O)CC)c1. The van der Waals surface area contributed by atoms with E-state index in [1.807, 2.05) is 0 Å². The number of sulfone groups is 1. The van der Waals surface area contributed by atoms with Crippen LogP contribution in [-0.4, -0.2) is 22.0 Å². The summed E-state index contributed by atoms with van der Waals surface area (Å²) in [5.74, 6) is 0.108. The molecule has 0 saturated carbocycles. The van der Waals surface area contributed by atoms with Crippen LogP contribution in [0.5, 0.6) is 0 Å². The van der Waals surface area contributed by atoms with E-state index in [1.165, 1.54) is 6.07 Å². The first-order chi connectivity index (χ1) is 5.56. The largest absolute Gasteiger partial charge is 0.224 e. The lowest BCUT2D eigenvalue weighted by Crippen LogP contribution is -2.08. The lowest BCUT2D eigenvalue weighted by Gasteiger charge is -2.01. The molecular weight excluding hydrogens is 171 g/mol. The zero-order valence-electron chi connectivity index (χ0n) is 6.82. The van der Waals surface area contributed by atoms with Crippen molar-refractivity contribution in [2.24, 2.45) is 0 Å². The number of hydrogen-bond donors (Lipinski definition) is 0. The van der Waals surface area contributed by atoms with Crippen molar-refractivity contribution in [3.8, 4) is 0 Å². The smallest absolute Gasteiger partial charge is 0.178 e. The maximum Gasteiger partial charge on any atom is 0.178 e. The summed E-state index contributed by atoms with van der Waals surface area (Å²) in [7, 11) is 2.34. The molecule has 0 unspecified atom stereocenters. The third-order valence-electron chi connectivity index (χ3n) is 1.60. The molecular formula is C8H9BO2S. The number of rotatable bonds is 2. The first-order valence-corrected chi connectivity index (χ1v) is 5.30. The monoisotopic (exact) mass is 180 g/mol. The first-order valence-electron chi connectivity index (χ1n) is 3.64. The molecule has 4 heteroatoms. The Bertz CT molecular complexity index is 370. The standard InChI is InChI=1S/C8H9BO2S/c1-2-12(10,11)8-5-3-4-7(9)6-8/h3-6H,2H2,1H3. The average Bonchev–Trinajstić information content (AvgIpc) is 2.05. The zero-order valence-corrected chi connectivity index (χ0v) is 7.64. The van der Waals surface area contributed by atoms with Crippen molar-refractivity contribution in [1.29, 1.82) is 0 Å². The van der Waals surface area contributed by atoms with E-state index in [4.69, 9.17) is 7.85 Å². The highest BCUT2D eigenvalue weighted by Crippen LogP contribution is 2.07. The van der Waals surface area contributed by atoms with Crippen LogP contribution in [0.15, 0.2) is 29.2 Å². The van der Waals surface area contributed by atoms with Gasteiger partial charge in [-0.2, -0.15) is 0 Å². The van der Waals surface area contributed by atoms with E-state index in [0.717, 1.165) is 0 Å². The van der Waals surface area contributed by atoms with Gasteiger partial charge in [0.05, 0.1) is 10.6 Å². The second-order valence-corrected chi connectivity index (χ2v) is 4.75. The molecule has 0 aliphatic carbocycles. The summed E-state index contributed by atoms with van der Waals surface area (Å²) in [5.41, 5.74) is 0.476. The van der Waals surface area contributed by atoms with Crippen molar-refractivity contribution in [3.63, 3.8) is 0 Å². The van der Waals surface area contributed by atoms with Crippen LogP contribution in [0.2, 0.25) is 0 Å². The Hall–Kier alpha value is -0.765. The third kappa shape index (κ3) is 1.88. The molecule has 0 aromatic heterocycles. The fourth-order valence-electron chi connectivity index (χ4n) is 0.875. The summed E-state index contributed by atoms with van der Waals surface area (Å²) in [5, 5.41) is 0. The molecule has 0 heterocycles. The molecule has 0 saturated heterocycles. The van der Waals surface area contributed by atoms with Gasteiger partial charge in [-0.3, -0.25) is 0 Å². The van der Waals surface area contributed by atoms with E-state index in [0.29, 0.717) is 10.4 Å². The predicted octanol–water partition coefficient (Wildman–Crippen LogP) is 0.274. The topological polar surface area (TPSA) is 34.1 Å². The molecule has 62 valence electrons. The lowest BCUT2D eigenvalue weighted by atomic mass is 9.97. The molecule has 0 amide bonds. The van der Waals surface area contributed by atoms with E-state index >= 15 is 0 Å². The minimum absolute atomic E-state index is 0.108. The Balaban J connectivity index is 3.21. The van der Waals surface area contributed by atoms with Gasteiger partial charge in [0.25, 0.3) is 0 Å². The van der Waals surface area contributed by atoms with Crippen LogP contribution in [0, 0.1) is 0 Å². The fourth-order valence-corrected chi connectivity index (χ4v) is 1.81. The average molecular weight is 180 g/mol. The van der Waals surface area contributed by atoms with Crippen molar-refractivity contribution in [3.05, 3.63) is 24.3 Å². The van der Waals surface area contributed by atoms with Crippen LogP contribution >= 0.6 is 0 Å². The van der Waals surface area contributed by atoms with E-state index in [1.54, 1.807) is 25.1 Å². The minimum atomic E-state index is -3.10. The molecule has 0 N–H and O–H groups in total. The first kappa shape index (κ1) is 9.32. The summed E-state index contributed by atoms with van der Waals surface area (Å²) < 4.78 is 22.6. The molecule has 1 aromatic rings. The van der Waals surface area contributed by atoms with Crippen molar-refractivity contribution in [2.75, 3.05) is 5.75 Å². The quantitative estimate of drug-likeness (QED) is 0.612. The van der Waals surface area contributed by atoms with Gasteiger partial charge in [0.15, 0.2) is 9.84 Å². The van der Waals surface area contributed by atoms with Crippen LogP contribution in [-0.2, 0) is 9.84 Å². The van der Waals surface area contributed by atoms with E-state index in [9.17, 15) is 8.42 Å². The van der Waals surface area contributed by atoms with Gasteiger partial charge in [0, 0.05) is 0 Å². The number of hydrogen-bond acceptors (Lipinski definition) is 2. The van der Waals surface area contributed by atoms with Gasteiger partial charge < -0.3 is 0 Å². The number of benzene rings is 1. The van der Waals surface area contributed by atoms with Crippen LogP contribution in [0.25, 0.3) is 0 Å². The lowest BCUT2D eigenvalue weighted by molar-refractivity contribution is 0.597. The molecule has 12 heavy (non-hydrogen) atoms. The van der Waals surface area contributed by atoms with E-state index < -0.39 is 9.84 Å². The normalized spacial score (nSPS) is 11.4. The second kappa shape index (κ2) is 3.31. The van der Waals surface area contributed by atoms with Gasteiger partial charge in [-0.1, -0.05) is 30.6 Å². The Kier molecular flexibility index (Phi) is 2.57. The molecule has 1 rings (SSSR count). The van der Waals surface area contributed by atoms with Gasteiger partial charge in [0.2, 0.25) is 0 Å². The highest BCUT2D eigenvalue weighted by atomic mass is 32.2. The predicted molar refractivity (Wildman–Crippen MR) is 49.6 cm³/mol. The van der Waals surface area contributed by atoms with Crippen LogP contribution in [0.4, 0.5) is 0 Å². The van der Waals surface area contributed by atoms with Crippen molar-refractivity contribution in [2.45, 2.75) is 11.8 Å². The summed E-state index contributed by atoms with van der Waals surface area (Å²) in [6, 6.07) is 6.32.